The van der Waals surface area contributed by atoms with E-state index < -0.39 is 4.92 Å². The van der Waals surface area contributed by atoms with Crippen molar-refractivity contribution in [3.8, 4) is 5.75 Å². The molecule has 0 N–H and O–H groups in total. The summed E-state index contributed by atoms with van der Waals surface area (Å²) in [5.74, 6) is 0.681. The average Bonchev–Trinajstić information content (AvgIpc) is 2.79. The summed E-state index contributed by atoms with van der Waals surface area (Å²) in [4.78, 5) is 15.1. The van der Waals surface area contributed by atoms with Gasteiger partial charge in [0.25, 0.3) is 5.69 Å². The molecular formula is C25H19ClN2O3. The fourth-order valence-corrected chi connectivity index (χ4v) is 3.45. The Morgan fingerprint density at radius 3 is 2.55 bits per heavy atom. The molecule has 0 atom stereocenters. The van der Waals surface area contributed by atoms with Crippen LogP contribution in [0.2, 0.25) is 5.02 Å². The molecule has 4 aromatic rings. The van der Waals surface area contributed by atoms with E-state index in [1.54, 1.807) is 18.3 Å². The first-order valence-electron chi connectivity index (χ1n) is 9.70. The molecule has 0 aliphatic heterocycles. The monoisotopic (exact) mass is 430 g/mol. The predicted molar refractivity (Wildman–Crippen MR) is 125 cm³/mol. The van der Waals surface area contributed by atoms with Crippen LogP contribution >= 0.6 is 11.6 Å². The first kappa shape index (κ1) is 20.6. The lowest BCUT2D eigenvalue weighted by atomic mass is 10.0. The molecule has 0 heterocycles. The first-order chi connectivity index (χ1) is 15.0. The minimum atomic E-state index is -0.416. The zero-order valence-corrected chi connectivity index (χ0v) is 17.5. The van der Waals surface area contributed by atoms with Gasteiger partial charge in [0.15, 0.2) is 0 Å². The summed E-state index contributed by atoms with van der Waals surface area (Å²) in [6, 6.07) is 23.9. The molecule has 0 fully saturated rings. The van der Waals surface area contributed by atoms with Gasteiger partial charge in [-0.05, 0) is 59.2 Å². The number of nitro groups is 1. The summed E-state index contributed by atoms with van der Waals surface area (Å²) in [5.41, 5.74) is 3.46. The second-order valence-corrected chi connectivity index (χ2v) is 7.46. The summed E-state index contributed by atoms with van der Waals surface area (Å²) in [5, 5.41) is 13.6. The topological polar surface area (TPSA) is 64.7 Å². The van der Waals surface area contributed by atoms with Crippen LogP contribution in [-0.2, 0) is 6.61 Å². The first-order valence-corrected chi connectivity index (χ1v) is 10.1. The molecular weight excluding hydrogens is 412 g/mol. The third-order valence-electron chi connectivity index (χ3n) is 5.04. The van der Waals surface area contributed by atoms with E-state index in [4.69, 9.17) is 16.3 Å². The number of nitro benzene ring substituents is 1. The third-order valence-corrected chi connectivity index (χ3v) is 5.45. The van der Waals surface area contributed by atoms with Crippen molar-refractivity contribution in [2.75, 3.05) is 0 Å². The zero-order chi connectivity index (χ0) is 21.8. The van der Waals surface area contributed by atoms with Crippen molar-refractivity contribution in [1.82, 2.24) is 0 Å². The van der Waals surface area contributed by atoms with Gasteiger partial charge >= 0.3 is 0 Å². The lowest BCUT2D eigenvalue weighted by molar-refractivity contribution is -0.384. The van der Waals surface area contributed by atoms with Crippen molar-refractivity contribution in [2.24, 2.45) is 4.99 Å². The van der Waals surface area contributed by atoms with Crippen LogP contribution in [0.3, 0.4) is 0 Å². The molecule has 4 aromatic carbocycles. The average molecular weight is 431 g/mol. The number of benzene rings is 4. The van der Waals surface area contributed by atoms with Crippen LogP contribution in [0.1, 0.15) is 16.7 Å². The number of ether oxygens (including phenoxy) is 1. The lowest BCUT2D eigenvalue weighted by Gasteiger charge is -2.12. The molecule has 0 amide bonds. The van der Waals surface area contributed by atoms with Crippen molar-refractivity contribution in [2.45, 2.75) is 13.5 Å². The zero-order valence-electron chi connectivity index (χ0n) is 16.8. The smallest absolute Gasteiger partial charge is 0.269 e. The number of rotatable bonds is 6. The number of aliphatic imine (C=N–C) groups is 1. The number of fused-ring (bicyclic) bond motifs is 1. The highest BCUT2D eigenvalue weighted by atomic mass is 35.5. The van der Waals surface area contributed by atoms with Crippen molar-refractivity contribution in [3.05, 3.63) is 111 Å². The second kappa shape index (κ2) is 8.98. The molecule has 6 heteroatoms. The standard InChI is InChI=1S/C25H19ClN2O3/c1-17-23(26)7-4-8-24(17)27-15-22-21-6-3-2-5-19(21)11-14-25(22)31-16-18-9-12-20(13-10-18)28(29)30/h2-15H,16H2,1H3. The van der Waals surface area contributed by atoms with Gasteiger partial charge in [0.1, 0.15) is 12.4 Å². The van der Waals surface area contributed by atoms with Crippen LogP contribution in [0.5, 0.6) is 5.75 Å². The number of hydrogen-bond donors (Lipinski definition) is 0. The summed E-state index contributed by atoms with van der Waals surface area (Å²) in [6.07, 6.45) is 1.80. The molecule has 0 aliphatic carbocycles. The Bertz CT molecular complexity index is 1280. The maximum absolute atomic E-state index is 10.8. The number of hydrogen-bond acceptors (Lipinski definition) is 4. The number of halogens is 1. The van der Waals surface area contributed by atoms with Crippen molar-refractivity contribution in [1.29, 1.82) is 0 Å². The van der Waals surface area contributed by atoms with E-state index in [9.17, 15) is 10.1 Å². The minimum absolute atomic E-state index is 0.0548. The maximum atomic E-state index is 10.8. The Balaban J connectivity index is 1.67. The van der Waals surface area contributed by atoms with E-state index in [1.807, 2.05) is 61.5 Å². The van der Waals surface area contributed by atoms with Gasteiger partial charge < -0.3 is 4.74 Å². The van der Waals surface area contributed by atoms with Gasteiger partial charge in [-0.3, -0.25) is 15.1 Å². The van der Waals surface area contributed by atoms with Gasteiger partial charge in [0.05, 0.1) is 10.6 Å². The largest absolute Gasteiger partial charge is 0.488 e. The summed E-state index contributed by atoms with van der Waals surface area (Å²) >= 11 is 6.23. The van der Waals surface area contributed by atoms with Crippen LogP contribution in [0, 0.1) is 17.0 Å². The highest BCUT2D eigenvalue weighted by Crippen LogP contribution is 2.30. The van der Waals surface area contributed by atoms with Crippen molar-refractivity contribution in [3.63, 3.8) is 0 Å². The quantitative estimate of drug-likeness (QED) is 0.187. The Labute approximate surface area is 184 Å². The molecule has 4 rings (SSSR count). The van der Waals surface area contributed by atoms with Gasteiger partial charge in [0.2, 0.25) is 0 Å². The molecule has 31 heavy (non-hydrogen) atoms. The van der Waals surface area contributed by atoms with Crippen LogP contribution in [0.4, 0.5) is 11.4 Å². The van der Waals surface area contributed by atoms with Gasteiger partial charge in [-0.25, -0.2) is 0 Å². The van der Waals surface area contributed by atoms with E-state index in [-0.39, 0.29) is 12.3 Å². The minimum Gasteiger partial charge on any atom is -0.488 e. The molecule has 0 aliphatic rings. The van der Waals surface area contributed by atoms with Gasteiger partial charge in [-0.2, -0.15) is 0 Å². The predicted octanol–water partition coefficient (Wildman–Crippen LogP) is 7.04. The van der Waals surface area contributed by atoms with Crippen LogP contribution in [-0.4, -0.2) is 11.1 Å². The van der Waals surface area contributed by atoms with Crippen LogP contribution < -0.4 is 4.74 Å². The highest BCUT2D eigenvalue weighted by molar-refractivity contribution is 6.31. The van der Waals surface area contributed by atoms with Crippen molar-refractivity contribution >= 4 is 40.0 Å². The van der Waals surface area contributed by atoms with E-state index >= 15 is 0 Å². The molecule has 0 aromatic heterocycles. The Kier molecular flexibility index (Phi) is 5.96. The molecule has 154 valence electrons. The Morgan fingerprint density at radius 1 is 1.00 bits per heavy atom. The summed E-state index contributed by atoms with van der Waals surface area (Å²) in [7, 11) is 0. The van der Waals surface area contributed by atoms with Gasteiger partial charge in [-0.1, -0.05) is 48.0 Å². The molecule has 0 saturated carbocycles. The fraction of sp³-hybridized carbons (Fsp3) is 0.0800. The van der Waals surface area contributed by atoms with Gasteiger partial charge in [0, 0.05) is 28.9 Å². The third kappa shape index (κ3) is 4.57. The van der Waals surface area contributed by atoms with E-state index in [2.05, 4.69) is 4.99 Å². The molecule has 0 spiro atoms. The molecule has 0 radical (unpaired) electrons. The van der Waals surface area contributed by atoms with Crippen LogP contribution in [0.25, 0.3) is 10.8 Å². The second-order valence-electron chi connectivity index (χ2n) is 7.05. The highest BCUT2D eigenvalue weighted by Gasteiger charge is 2.09. The Morgan fingerprint density at radius 2 is 1.77 bits per heavy atom. The van der Waals surface area contributed by atoms with E-state index in [1.165, 1.54) is 12.1 Å². The maximum Gasteiger partial charge on any atom is 0.269 e. The van der Waals surface area contributed by atoms with Gasteiger partial charge in [-0.15, -0.1) is 0 Å². The lowest BCUT2D eigenvalue weighted by Crippen LogP contribution is -1.99. The SMILES string of the molecule is Cc1c(Cl)cccc1N=Cc1c(OCc2ccc([N+](=O)[O-])cc2)ccc2ccccc12. The number of non-ortho nitro benzene ring substituents is 1. The van der Waals surface area contributed by atoms with Crippen molar-refractivity contribution < 1.29 is 9.66 Å². The molecule has 0 unspecified atom stereocenters. The molecule has 5 nitrogen and oxygen atoms in total. The van der Waals surface area contributed by atoms with E-state index in [0.717, 1.165) is 33.2 Å². The Hall–Kier alpha value is -3.70. The molecule has 0 bridgehead atoms. The summed E-state index contributed by atoms with van der Waals surface area (Å²) < 4.78 is 6.09. The summed E-state index contributed by atoms with van der Waals surface area (Å²) in [6.45, 7) is 2.22. The fourth-order valence-electron chi connectivity index (χ4n) is 3.28. The van der Waals surface area contributed by atoms with Crippen LogP contribution in [0.15, 0.2) is 83.9 Å². The molecule has 0 saturated heterocycles. The normalized spacial score (nSPS) is 11.2. The van der Waals surface area contributed by atoms with E-state index in [0.29, 0.717) is 10.8 Å². The number of nitrogens with zero attached hydrogens (tertiary/aromatic N) is 2.